The number of rotatable bonds is 3. The monoisotopic (exact) mass is 296 g/mol. The van der Waals surface area contributed by atoms with Crippen LogP contribution in [0.15, 0.2) is 36.4 Å². The molecule has 0 aliphatic carbocycles. The molecule has 1 nitrogen and oxygen atoms in total. The van der Waals surface area contributed by atoms with Gasteiger partial charge in [-0.3, -0.25) is 4.79 Å². The van der Waals surface area contributed by atoms with E-state index in [1.807, 2.05) is 0 Å². The molecule has 0 unspecified atom stereocenters. The molecule has 0 aromatic heterocycles. The fraction of sp³-hybridized carbons (Fsp3) is 0.133. The molecule has 4 heteroatoms. The largest absolute Gasteiger partial charge is 0.294 e. The highest BCUT2D eigenvalue weighted by molar-refractivity contribution is 6.39. The van der Waals surface area contributed by atoms with Crippen molar-refractivity contribution in [1.82, 2.24) is 0 Å². The van der Waals surface area contributed by atoms with E-state index in [2.05, 4.69) is 0 Å². The van der Waals surface area contributed by atoms with Gasteiger partial charge >= 0.3 is 0 Å². The van der Waals surface area contributed by atoms with Crippen molar-refractivity contribution in [1.29, 1.82) is 0 Å². The van der Waals surface area contributed by atoms with E-state index in [4.69, 9.17) is 23.2 Å². The smallest absolute Gasteiger partial charge is 0.170 e. The number of halogens is 3. The fourth-order valence-electron chi connectivity index (χ4n) is 1.88. The fourth-order valence-corrected chi connectivity index (χ4v) is 2.49. The highest BCUT2D eigenvalue weighted by Crippen LogP contribution is 2.26. The lowest BCUT2D eigenvalue weighted by atomic mass is 9.99. The van der Waals surface area contributed by atoms with E-state index in [1.54, 1.807) is 31.2 Å². The SMILES string of the molecule is Cc1cc(F)ccc1CC(=O)c1c(Cl)cccc1Cl. The number of carbonyl (C=O) groups is 1. The Morgan fingerprint density at radius 2 is 1.79 bits per heavy atom. The Morgan fingerprint density at radius 3 is 2.37 bits per heavy atom. The van der Waals surface area contributed by atoms with Gasteiger partial charge in [0, 0.05) is 6.42 Å². The number of benzene rings is 2. The van der Waals surface area contributed by atoms with Crippen molar-refractivity contribution in [3.05, 3.63) is 69.0 Å². The topological polar surface area (TPSA) is 17.1 Å². The summed E-state index contributed by atoms with van der Waals surface area (Å²) in [5.74, 6) is -0.491. The van der Waals surface area contributed by atoms with Crippen LogP contribution in [0.25, 0.3) is 0 Å². The second-order valence-electron chi connectivity index (χ2n) is 4.27. The molecule has 0 fully saturated rings. The molecule has 2 rings (SSSR count). The van der Waals surface area contributed by atoms with Gasteiger partial charge in [-0.05, 0) is 42.3 Å². The quantitative estimate of drug-likeness (QED) is 0.739. The van der Waals surface area contributed by atoms with Gasteiger partial charge in [0.1, 0.15) is 5.82 Å². The van der Waals surface area contributed by atoms with Gasteiger partial charge in [-0.2, -0.15) is 0 Å². The number of carbonyl (C=O) groups excluding carboxylic acids is 1. The van der Waals surface area contributed by atoms with Crippen molar-refractivity contribution in [2.45, 2.75) is 13.3 Å². The molecule has 0 saturated heterocycles. The molecule has 0 aliphatic heterocycles. The van der Waals surface area contributed by atoms with Crippen LogP contribution in [0.2, 0.25) is 10.0 Å². The third kappa shape index (κ3) is 3.14. The minimum absolute atomic E-state index is 0.148. The first kappa shape index (κ1) is 14.0. The molecule has 2 aromatic carbocycles. The maximum Gasteiger partial charge on any atom is 0.170 e. The first-order valence-electron chi connectivity index (χ1n) is 5.71. The summed E-state index contributed by atoms with van der Waals surface area (Å²) in [6, 6.07) is 9.27. The zero-order chi connectivity index (χ0) is 14.0. The van der Waals surface area contributed by atoms with E-state index in [0.29, 0.717) is 15.6 Å². The van der Waals surface area contributed by atoms with Crippen LogP contribution in [0.4, 0.5) is 4.39 Å². The minimum Gasteiger partial charge on any atom is -0.294 e. The molecule has 0 N–H and O–H groups in total. The summed E-state index contributed by atoms with van der Waals surface area (Å²) in [4.78, 5) is 12.2. The average molecular weight is 297 g/mol. The molecule has 0 heterocycles. The second kappa shape index (κ2) is 5.72. The second-order valence-corrected chi connectivity index (χ2v) is 5.08. The lowest BCUT2D eigenvalue weighted by molar-refractivity contribution is 0.0993. The van der Waals surface area contributed by atoms with Gasteiger partial charge in [-0.25, -0.2) is 4.39 Å². The molecule has 0 aliphatic rings. The van der Waals surface area contributed by atoms with Gasteiger partial charge in [0.25, 0.3) is 0 Å². The predicted molar refractivity (Wildman–Crippen MR) is 75.6 cm³/mol. The molecular weight excluding hydrogens is 286 g/mol. The lowest BCUT2D eigenvalue weighted by Crippen LogP contribution is -2.06. The van der Waals surface area contributed by atoms with Crippen LogP contribution in [0.1, 0.15) is 21.5 Å². The van der Waals surface area contributed by atoms with Gasteiger partial charge in [0.15, 0.2) is 5.78 Å². The molecule has 0 bridgehead atoms. The highest BCUT2D eigenvalue weighted by Gasteiger charge is 2.15. The van der Waals surface area contributed by atoms with Crippen molar-refractivity contribution < 1.29 is 9.18 Å². The first-order chi connectivity index (χ1) is 8.99. The molecule has 0 atom stereocenters. The van der Waals surface area contributed by atoms with Crippen LogP contribution in [0, 0.1) is 12.7 Å². The number of hydrogen-bond donors (Lipinski definition) is 0. The van der Waals surface area contributed by atoms with Gasteiger partial charge < -0.3 is 0 Å². The summed E-state index contributed by atoms with van der Waals surface area (Å²) < 4.78 is 13.0. The molecule has 0 spiro atoms. The van der Waals surface area contributed by atoms with Crippen molar-refractivity contribution in [2.24, 2.45) is 0 Å². The van der Waals surface area contributed by atoms with Crippen LogP contribution in [0.3, 0.4) is 0 Å². The summed E-state index contributed by atoms with van der Waals surface area (Å²) in [6.45, 7) is 1.76. The number of aryl methyl sites for hydroxylation is 1. The first-order valence-corrected chi connectivity index (χ1v) is 6.47. The molecule has 98 valence electrons. The van der Waals surface area contributed by atoms with Crippen molar-refractivity contribution >= 4 is 29.0 Å². The predicted octanol–water partition coefficient (Wildman–Crippen LogP) is 4.87. The van der Waals surface area contributed by atoms with Crippen molar-refractivity contribution in [2.75, 3.05) is 0 Å². The number of Topliss-reactive ketones (excluding diaryl/α,β-unsaturated/α-hetero) is 1. The maximum atomic E-state index is 13.0. The maximum absolute atomic E-state index is 13.0. The zero-order valence-electron chi connectivity index (χ0n) is 10.2. The average Bonchev–Trinajstić information content (AvgIpc) is 2.32. The number of ketones is 1. The summed E-state index contributed by atoms with van der Waals surface area (Å²) in [6.07, 6.45) is 0.148. The van der Waals surface area contributed by atoms with Gasteiger partial charge in [0.2, 0.25) is 0 Å². The molecule has 0 saturated carbocycles. The standard InChI is InChI=1S/C15H11Cl2FO/c1-9-7-11(18)6-5-10(9)8-14(19)15-12(16)3-2-4-13(15)17/h2-7H,8H2,1H3. The van der Waals surface area contributed by atoms with Crippen molar-refractivity contribution in [3.8, 4) is 0 Å². The third-order valence-corrected chi connectivity index (χ3v) is 3.53. The van der Waals surface area contributed by atoms with E-state index in [-0.39, 0.29) is 18.0 Å². The minimum atomic E-state index is -0.315. The Balaban J connectivity index is 2.31. The van der Waals surface area contributed by atoms with E-state index in [0.717, 1.165) is 11.1 Å². The molecular formula is C15H11Cl2FO. The van der Waals surface area contributed by atoms with Crippen LogP contribution in [-0.2, 0) is 6.42 Å². The van der Waals surface area contributed by atoms with E-state index in [9.17, 15) is 9.18 Å². The summed E-state index contributed by atoms with van der Waals surface area (Å²) >= 11 is 12.0. The summed E-state index contributed by atoms with van der Waals surface area (Å²) in [7, 11) is 0. The van der Waals surface area contributed by atoms with Gasteiger partial charge in [-0.1, -0.05) is 35.3 Å². The Bertz CT molecular complexity index is 618. The Morgan fingerprint density at radius 1 is 1.16 bits per heavy atom. The van der Waals surface area contributed by atoms with Crippen molar-refractivity contribution in [3.63, 3.8) is 0 Å². The van der Waals surface area contributed by atoms with E-state index < -0.39 is 0 Å². The normalized spacial score (nSPS) is 10.5. The van der Waals surface area contributed by atoms with Crippen LogP contribution in [0.5, 0.6) is 0 Å². The third-order valence-electron chi connectivity index (χ3n) is 2.90. The van der Waals surface area contributed by atoms with E-state index >= 15 is 0 Å². The highest BCUT2D eigenvalue weighted by atomic mass is 35.5. The number of hydrogen-bond acceptors (Lipinski definition) is 1. The van der Waals surface area contributed by atoms with Gasteiger partial charge in [-0.15, -0.1) is 0 Å². The molecule has 2 aromatic rings. The zero-order valence-corrected chi connectivity index (χ0v) is 11.7. The Hall–Kier alpha value is -1.38. The Kier molecular flexibility index (Phi) is 4.23. The van der Waals surface area contributed by atoms with Crippen LogP contribution >= 0.6 is 23.2 Å². The van der Waals surface area contributed by atoms with Gasteiger partial charge in [0.05, 0.1) is 15.6 Å². The van der Waals surface area contributed by atoms with E-state index in [1.165, 1.54) is 12.1 Å². The molecule has 0 radical (unpaired) electrons. The van der Waals surface area contributed by atoms with Crippen LogP contribution < -0.4 is 0 Å². The molecule has 19 heavy (non-hydrogen) atoms. The Labute approximate surface area is 121 Å². The summed E-state index contributed by atoms with van der Waals surface area (Å²) in [5, 5.41) is 0.662. The summed E-state index contributed by atoms with van der Waals surface area (Å²) in [5.41, 5.74) is 1.81. The van der Waals surface area contributed by atoms with Crippen LogP contribution in [-0.4, -0.2) is 5.78 Å². The molecule has 0 amide bonds. The lowest BCUT2D eigenvalue weighted by Gasteiger charge is -2.08.